The number of carboxylic acids is 1. The molecule has 1 atom stereocenters. The molecular formula is C11H18N2O2. The molecule has 1 aromatic heterocycles. The van der Waals surface area contributed by atoms with Crippen LogP contribution in [0.15, 0.2) is 6.20 Å². The zero-order valence-electron chi connectivity index (χ0n) is 9.53. The van der Waals surface area contributed by atoms with E-state index in [1.807, 2.05) is 6.92 Å². The Morgan fingerprint density at radius 3 is 2.87 bits per heavy atom. The van der Waals surface area contributed by atoms with Gasteiger partial charge in [-0.3, -0.25) is 0 Å². The maximum Gasteiger partial charge on any atom is 0.354 e. The van der Waals surface area contributed by atoms with Gasteiger partial charge in [0.1, 0.15) is 11.5 Å². The molecule has 84 valence electrons. The van der Waals surface area contributed by atoms with Gasteiger partial charge in [0.05, 0.1) is 6.20 Å². The Hall–Kier alpha value is -1.32. The fourth-order valence-electron chi connectivity index (χ4n) is 1.77. The maximum absolute atomic E-state index is 10.9. The molecule has 0 amide bonds. The van der Waals surface area contributed by atoms with Gasteiger partial charge in [0, 0.05) is 6.54 Å². The molecule has 1 N–H and O–H groups in total. The second-order valence-corrected chi connectivity index (χ2v) is 4.00. The summed E-state index contributed by atoms with van der Waals surface area (Å²) >= 11 is 0. The second-order valence-electron chi connectivity index (χ2n) is 4.00. The van der Waals surface area contributed by atoms with E-state index in [2.05, 4.69) is 18.8 Å². The first-order valence-electron chi connectivity index (χ1n) is 5.31. The van der Waals surface area contributed by atoms with Crippen molar-refractivity contribution in [1.29, 1.82) is 0 Å². The van der Waals surface area contributed by atoms with Crippen LogP contribution in [0.3, 0.4) is 0 Å². The van der Waals surface area contributed by atoms with Crippen molar-refractivity contribution < 1.29 is 9.90 Å². The van der Waals surface area contributed by atoms with Gasteiger partial charge in [-0.15, -0.1) is 0 Å². The lowest BCUT2D eigenvalue weighted by molar-refractivity contribution is 0.0683. The molecule has 0 bridgehead atoms. The van der Waals surface area contributed by atoms with Crippen LogP contribution in [0.2, 0.25) is 0 Å². The summed E-state index contributed by atoms with van der Waals surface area (Å²) in [5, 5.41) is 8.96. The van der Waals surface area contributed by atoms with E-state index >= 15 is 0 Å². The summed E-state index contributed by atoms with van der Waals surface area (Å²) in [6, 6.07) is 0. The summed E-state index contributed by atoms with van der Waals surface area (Å²) in [4.78, 5) is 14.9. The minimum absolute atomic E-state index is 0.287. The smallest absolute Gasteiger partial charge is 0.354 e. The predicted octanol–water partition coefficient (Wildman–Crippen LogP) is 2.33. The average molecular weight is 210 g/mol. The van der Waals surface area contributed by atoms with E-state index in [4.69, 9.17) is 5.11 Å². The number of aromatic carboxylic acids is 1. The van der Waals surface area contributed by atoms with E-state index in [1.165, 1.54) is 6.20 Å². The van der Waals surface area contributed by atoms with E-state index < -0.39 is 5.97 Å². The van der Waals surface area contributed by atoms with Crippen LogP contribution in [-0.4, -0.2) is 20.6 Å². The number of rotatable bonds is 5. The van der Waals surface area contributed by atoms with Crippen molar-refractivity contribution in [2.45, 2.75) is 40.2 Å². The third-order valence-electron chi connectivity index (χ3n) is 2.55. The molecule has 15 heavy (non-hydrogen) atoms. The van der Waals surface area contributed by atoms with Crippen molar-refractivity contribution in [1.82, 2.24) is 9.55 Å². The second kappa shape index (κ2) is 4.96. The molecule has 0 fully saturated rings. The van der Waals surface area contributed by atoms with Crippen LogP contribution in [0.25, 0.3) is 0 Å². The Balaban J connectivity index is 2.83. The monoisotopic (exact) mass is 210 g/mol. The summed E-state index contributed by atoms with van der Waals surface area (Å²) in [7, 11) is 0. The zero-order chi connectivity index (χ0) is 11.4. The molecule has 0 saturated heterocycles. The van der Waals surface area contributed by atoms with Gasteiger partial charge in [-0.25, -0.2) is 9.78 Å². The summed E-state index contributed by atoms with van der Waals surface area (Å²) < 4.78 is 1.78. The fourth-order valence-corrected chi connectivity index (χ4v) is 1.77. The highest BCUT2D eigenvalue weighted by atomic mass is 16.4. The Morgan fingerprint density at radius 2 is 2.33 bits per heavy atom. The van der Waals surface area contributed by atoms with Crippen LogP contribution in [-0.2, 0) is 6.54 Å². The zero-order valence-corrected chi connectivity index (χ0v) is 9.53. The highest BCUT2D eigenvalue weighted by Crippen LogP contribution is 2.12. The molecule has 0 aromatic carbocycles. The SMILES string of the molecule is CCCC(C)Cn1c(C(=O)O)cnc1C. The maximum atomic E-state index is 10.9. The van der Waals surface area contributed by atoms with Crippen molar-refractivity contribution in [2.75, 3.05) is 0 Å². The average Bonchev–Trinajstić information content (AvgIpc) is 2.48. The largest absolute Gasteiger partial charge is 0.477 e. The number of nitrogens with zero attached hydrogens (tertiary/aromatic N) is 2. The first-order valence-corrected chi connectivity index (χ1v) is 5.31. The number of aryl methyl sites for hydroxylation is 1. The van der Waals surface area contributed by atoms with E-state index in [0.717, 1.165) is 25.2 Å². The van der Waals surface area contributed by atoms with Gasteiger partial charge >= 0.3 is 5.97 Å². The fraction of sp³-hybridized carbons (Fsp3) is 0.636. The molecule has 1 unspecified atom stereocenters. The Morgan fingerprint density at radius 1 is 1.67 bits per heavy atom. The molecule has 0 aliphatic rings. The summed E-state index contributed by atoms with van der Waals surface area (Å²) in [6.45, 7) is 6.84. The molecule has 0 spiro atoms. The van der Waals surface area contributed by atoms with Crippen molar-refractivity contribution in [2.24, 2.45) is 5.92 Å². The first kappa shape index (κ1) is 11.8. The van der Waals surface area contributed by atoms with E-state index in [1.54, 1.807) is 4.57 Å². The number of carboxylic acid groups (broad SMARTS) is 1. The van der Waals surface area contributed by atoms with Crippen LogP contribution in [0.1, 0.15) is 43.0 Å². The van der Waals surface area contributed by atoms with Crippen LogP contribution in [0.4, 0.5) is 0 Å². The van der Waals surface area contributed by atoms with Crippen LogP contribution in [0, 0.1) is 12.8 Å². The van der Waals surface area contributed by atoms with E-state index in [9.17, 15) is 4.79 Å². The normalized spacial score (nSPS) is 12.7. The molecule has 0 saturated carbocycles. The number of carbonyl (C=O) groups is 1. The molecular weight excluding hydrogens is 192 g/mol. The van der Waals surface area contributed by atoms with E-state index in [-0.39, 0.29) is 5.69 Å². The number of imidazole rings is 1. The van der Waals surface area contributed by atoms with Gasteiger partial charge in [0.25, 0.3) is 0 Å². The quantitative estimate of drug-likeness (QED) is 0.811. The Labute approximate surface area is 89.9 Å². The summed E-state index contributed by atoms with van der Waals surface area (Å²) in [5.41, 5.74) is 0.287. The standard InChI is InChI=1S/C11H18N2O2/c1-4-5-8(2)7-13-9(3)12-6-10(13)11(14)15/h6,8H,4-5,7H2,1-3H3,(H,14,15). The van der Waals surface area contributed by atoms with Crippen molar-refractivity contribution >= 4 is 5.97 Å². The molecule has 0 aliphatic carbocycles. The topological polar surface area (TPSA) is 55.1 Å². The van der Waals surface area contributed by atoms with Gasteiger partial charge in [-0.2, -0.15) is 0 Å². The van der Waals surface area contributed by atoms with Crippen molar-refractivity contribution in [3.05, 3.63) is 17.7 Å². The van der Waals surface area contributed by atoms with Crippen LogP contribution >= 0.6 is 0 Å². The lowest BCUT2D eigenvalue weighted by Gasteiger charge is -2.13. The lowest BCUT2D eigenvalue weighted by atomic mass is 10.1. The third kappa shape index (κ3) is 2.81. The molecule has 4 nitrogen and oxygen atoms in total. The van der Waals surface area contributed by atoms with Gasteiger partial charge in [0.2, 0.25) is 0 Å². The van der Waals surface area contributed by atoms with Crippen molar-refractivity contribution in [3.8, 4) is 0 Å². The Kier molecular flexibility index (Phi) is 3.88. The van der Waals surface area contributed by atoms with Gasteiger partial charge < -0.3 is 9.67 Å². The summed E-state index contributed by atoms with van der Waals surface area (Å²) in [6.07, 6.45) is 3.66. The highest BCUT2D eigenvalue weighted by molar-refractivity contribution is 5.85. The van der Waals surface area contributed by atoms with E-state index in [0.29, 0.717) is 5.92 Å². The van der Waals surface area contributed by atoms with Gasteiger partial charge in [0.15, 0.2) is 0 Å². The predicted molar refractivity (Wildman–Crippen MR) is 58.0 cm³/mol. The molecule has 1 heterocycles. The minimum atomic E-state index is -0.903. The molecule has 4 heteroatoms. The Bertz CT molecular complexity index is 344. The highest BCUT2D eigenvalue weighted by Gasteiger charge is 2.14. The summed E-state index contributed by atoms with van der Waals surface area (Å²) in [5.74, 6) is 0.357. The minimum Gasteiger partial charge on any atom is -0.477 e. The molecule has 0 radical (unpaired) electrons. The molecule has 1 aromatic rings. The third-order valence-corrected chi connectivity index (χ3v) is 2.55. The lowest BCUT2D eigenvalue weighted by Crippen LogP contribution is -2.14. The van der Waals surface area contributed by atoms with Gasteiger partial charge in [-0.05, 0) is 19.3 Å². The van der Waals surface area contributed by atoms with Crippen LogP contribution in [0.5, 0.6) is 0 Å². The van der Waals surface area contributed by atoms with Gasteiger partial charge in [-0.1, -0.05) is 20.3 Å². The number of hydrogen-bond acceptors (Lipinski definition) is 2. The molecule has 1 rings (SSSR count). The molecule has 0 aliphatic heterocycles. The van der Waals surface area contributed by atoms with Crippen LogP contribution < -0.4 is 0 Å². The number of hydrogen-bond donors (Lipinski definition) is 1. The number of aromatic nitrogens is 2. The van der Waals surface area contributed by atoms with Crippen molar-refractivity contribution in [3.63, 3.8) is 0 Å². The first-order chi connectivity index (χ1) is 7.06.